The number of benzene rings is 1. The summed E-state index contributed by atoms with van der Waals surface area (Å²) in [6, 6.07) is 6.59. The fourth-order valence-electron chi connectivity index (χ4n) is 3.38. The largest absolute Gasteiger partial charge is 0.465 e. The van der Waals surface area contributed by atoms with Crippen molar-refractivity contribution in [2.45, 2.75) is 25.8 Å². The lowest BCUT2D eigenvalue weighted by atomic mass is 10.1. The molecule has 0 aliphatic heterocycles. The normalized spacial score (nSPS) is 12.6. The molecular formula is C19H15N3O5S. The van der Waals surface area contributed by atoms with E-state index in [4.69, 9.17) is 4.42 Å². The van der Waals surface area contributed by atoms with Crippen LogP contribution in [-0.2, 0) is 28.9 Å². The molecule has 2 aromatic heterocycles. The molecule has 0 fully saturated rings. The van der Waals surface area contributed by atoms with E-state index in [1.54, 1.807) is 0 Å². The van der Waals surface area contributed by atoms with E-state index in [2.05, 4.69) is 16.1 Å². The number of nitrogens with zero attached hydrogens (tertiary/aromatic N) is 2. The number of nitriles is 1. The Morgan fingerprint density at radius 3 is 2.96 bits per heavy atom. The van der Waals surface area contributed by atoms with E-state index in [1.807, 2.05) is 0 Å². The van der Waals surface area contributed by atoms with Crippen molar-refractivity contribution in [3.63, 3.8) is 0 Å². The molecule has 8 nitrogen and oxygen atoms in total. The first-order valence-electron chi connectivity index (χ1n) is 8.58. The van der Waals surface area contributed by atoms with Crippen molar-refractivity contribution in [3.8, 4) is 6.07 Å². The number of hydrogen-bond donors (Lipinski definition) is 1. The summed E-state index contributed by atoms with van der Waals surface area (Å²) in [6.45, 7) is -0.267. The number of anilines is 1. The zero-order valence-electron chi connectivity index (χ0n) is 14.9. The summed E-state index contributed by atoms with van der Waals surface area (Å²) in [4.78, 5) is 37.4. The molecular weight excluding hydrogens is 382 g/mol. The van der Waals surface area contributed by atoms with Gasteiger partial charge in [0.05, 0.1) is 23.8 Å². The lowest BCUT2D eigenvalue weighted by Gasteiger charge is -2.05. The van der Waals surface area contributed by atoms with Crippen LogP contribution in [0.2, 0.25) is 0 Å². The van der Waals surface area contributed by atoms with Crippen molar-refractivity contribution in [3.05, 3.63) is 50.3 Å². The van der Waals surface area contributed by atoms with Gasteiger partial charge in [-0.3, -0.25) is 9.36 Å². The highest BCUT2D eigenvalue weighted by Gasteiger charge is 2.23. The van der Waals surface area contributed by atoms with Crippen LogP contribution in [0.15, 0.2) is 27.4 Å². The van der Waals surface area contributed by atoms with Crippen molar-refractivity contribution in [2.24, 2.45) is 0 Å². The number of amides is 1. The lowest BCUT2D eigenvalue weighted by Crippen LogP contribution is -2.24. The molecule has 0 spiro atoms. The maximum atomic E-state index is 12.5. The van der Waals surface area contributed by atoms with Crippen molar-refractivity contribution in [2.75, 3.05) is 12.4 Å². The number of ether oxygens (including phenoxy) is 1. The first kappa shape index (κ1) is 18.0. The van der Waals surface area contributed by atoms with Gasteiger partial charge in [0.25, 0.3) is 0 Å². The molecule has 0 bridgehead atoms. The van der Waals surface area contributed by atoms with Crippen LogP contribution >= 0.6 is 11.3 Å². The molecule has 1 aliphatic rings. The number of oxazole rings is 1. The Balaban J connectivity index is 1.59. The average molecular weight is 397 g/mol. The lowest BCUT2D eigenvalue weighted by molar-refractivity contribution is -0.116. The van der Waals surface area contributed by atoms with Gasteiger partial charge in [-0.25, -0.2) is 9.59 Å². The quantitative estimate of drug-likeness (QED) is 0.676. The number of fused-ring (bicyclic) bond motifs is 2. The molecule has 0 saturated carbocycles. The highest BCUT2D eigenvalue weighted by molar-refractivity contribution is 7.16. The maximum absolute atomic E-state index is 12.5. The Bertz CT molecular complexity index is 1210. The first-order valence-corrected chi connectivity index (χ1v) is 9.39. The highest BCUT2D eigenvalue weighted by Crippen LogP contribution is 2.38. The minimum absolute atomic E-state index is 0.188. The molecule has 0 atom stereocenters. The minimum atomic E-state index is -0.707. The molecule has 2 heterocycles. The molecule has 3 aromatic rings. The zero-order chi connectivity index (χ0) is 19.8. The van der Waals surface area contributed by atoms with E-state index in [0.29, 0.717) is 16.1 Å². The summed E-state index contributed by atoms with van der Waals surface area (Å²) in [5, 5.41) is 12.7. The highest BCUT2D eigenvalue weighted by atomic mass is 32.1. The third-order valence-electron chi connectivity index (χ3n) is 4.68. The number of aromatic nitrogens is 1. The fraction of sp³-hybridized carbons (Fsp3) is 0.263. The van der Waals surface area contributed by atoms with Gasteiger partial charge in [-0.2, -0.15) is 5.26 Å². The van der Waals surface area contributed by atoms with E-state index in [0.717, 1.165) is 29.7 Å². The van der Waals surface area contributed by atoms with Crippen LogP contribution < -0.4 is 11.1 Å². The Hall–Kier alpha value is -3.38. The van der Waals surface area contributed by atoms with Gasteiger partial charge < -0.3 is 14.5 Å². The molecule has 1 aliphatic carbocycles. The van der Waals surface area contributed by atoms with Crippen LogP contribution in [0.3, 0.4) is 0 Å². The molecule has 1 amide bonds. The van der Waals surface area contributed by atoms with E-state index in [1.165, 1.54) is 41.2 Å². The smallest absolute Gasteiger partial charge is 0.420 e. The Morgan fingerprint density at radius 1 is 1.39 bits per heavy atom. The van der Waals surface area contributed by atoms with Crippen LogP contribution in [0, 0.1) is 11.3 Å². The van der Waals surface area contributed by atoms with Crippen molar-refractivity contribution in [1.82, 2.24) is 4.57 Å². The number of aryl methyl sites for hydroxylation is 1. The standard InChI is InChI=1S/C19H15N3O5S/c1-26-18(24)10-5-6-13-14(7-10)27-19(25)22(13)9-16(23)21-17-12(8-20)11-3-2-4-15(11)28-17/h5-7H,2-4,9H2,1H3,(H,21,23). The second-order valence-corrected chi connectivity index (χ2v) is 7.45. The van der Waals surface area contributed by atoms with Crippen LogP contribution in [0.1, 0.15) is 32.8 Å². The van der Waals surface area contributed by atoms with Gasteiger partial charge >= 0.3 is 11.7 Å². The fourth-order valence-corrected chi connectivity index (χ4v) is 4.64. The Morgan fingerprint density at radius 2 is 2.21 bits per heavy atom. The summed E-state index contributed by atoms with van der Waals surface area (Å²) in [7, 11) is 1.26. The Labute approximate surface area is 162 Å². The first-order chi connectivity index (χ1) is 13.5. The summed E-state index contributed by atoms with van der Waals surface area (Å²) in [6.07, 6.45) is 2.78. The number of carbonyl (C=O) groups excluding carboxylic acids is 2. The number of rotatable bonds is 4. The third kappa shape index (κ3) is 2.97. The van der Waals surface area contributed by atoms with Gasteiger partial charge in [0.1, 0.15) is 17.6 Å². The van der Waals surface area contributed by atoms with E-state index in [9.17, 15) is 19.6 Å². The van der Waals surface area contributed by atoms with Crippen molar-refractivity contribution in [1.29, 1.82) is 5.26 Å². The number of thiophene rings is 1. The summed E-state index contributed by atoms with van der Waals surface area (Å²) >= 11 is 1.41. The molecule has 142 valence electrons. The van der Waals surface area contributed by atoms with E-state index < -0.39 is 17.6 Å². The molecule has 1 N–H and O–H groups in total. The van der Waals surface area contributed by atoms with Gasteiger partial charge in [0, 0.05) is 4.88 Å². The molecule has 0 radical (unpaired) electrons. The Kier molecular flexibility index (Phi) is 4.49. The molecule has 28 heavy (non-hydrogen) atoms. The maximum Gasteiger partial charge on any atom is 0.420 e. The monoisotopic (exact) mass is 397 g/mol. The van der Waals surface area contributed by atoms with Gasteiger partial charge in [-0.15, -0.1) is 11.3 Å². The predicted octanol–water partition coefficient (Wildman–Crippen LogP) is 2.44. The van der Waals surface area contributed by atoms with Crippen molar-refractivity contribution >= 4 is 39.3 Å². The number of nitrogens with one attached hydrogen (secondary N) is 1. The van der Waals surface area contributed by atoms with Crippen LogP contribution in [-0.4, -0.2) is 23.6 Å². The number of methoxy groups -OCH3 is 1. The molecule has 4 rings (SSSR count). The van der Waals surface area contributed by atoms with Gasteiger partial charge in [-0.1, -0.05) is 0 Å². The number of esters is 1. The van der Waals surface area contributed by atoms with Gasteiger partial charge in [0.15, 0.2) is 5.58 Å². The molecule has 9 heteroatoms. The van der Waals surface area contributed by atoms with Gasteiger partial charge in [0.2, 0.25) is 5.91 Å². The molecule has 0 unspecified atom stereocenters. The molecule has 0 saturated heterocycles. The predicted molar refractivity (Wildman–Crippen MR) is 102 cm³/mol. The summed E-state index contributed by atoms with van der Waals surface area (Å²) in [5.41, 5.74) is 2.35. The number of hydrogen-bond acceptors (Lipinski definition) is 7. The summed E-state index contributed by atoms with van der Waals surface area (Å²) in [5.74, 6) is -1.69. The number of carbonyl (C=O) groups is 2. The van der Waals surface area contributed by atoms with E-state index in [-0.39, 0.29) is 17.7 Å². The van der Waals surface area contributed by atoms with Crippen LogP contribution in [0.25, 0.3) is 11.1 Å². The minimum Gasteiger partial charge on any atom is -0.465 e. The van der Waals surface area contributed by atoms with Crippen molar-refractivity contribution < 1.29 is 18.7 Å². The topological polar surface area (TPSA) is 114 Å². The average Bonchev–Trinajstić information content (AvgIpc) is 3.34. The third-order valence-corrected chi connectivity index (χ3v) is 5.88. The van der Waals surface area contributed by atoms with E-state index >= 15 is 0 Å². The summed E-state index contributed by atoms with van der Waals surface area (Å²) < 4.78 is 11.0. The van der Waals surface area contributed by atoms with Crippen LogP contribution in [0.4, 0.5) is 5.00 Å². The van der Waals surface area contributed by atoms with Crippen LogP contribution in [0.5, 0.6) is 0 Å². The second-order valence-electron chi connectivity index (χ2n) is 6.35. The van der Waals surface area contributed by atoms with Gasteiger partial charge in [-0.05, 0) is 43.0 Å². The second kappa shape index (κ2) is 6.98. The SMILES string of the molecule is COC(=O)c1ccc2c(c1)oc(=O)n2CC(=O)Nc1sc2c(c1C#N)CCC2. The zero-order valence-corrected chi connectivity index (χ0v) is 15.7. The molecule has 1 aromatic carbocycles.